The van der Waals surface area contributed by atoms with Crippen LogP contribution in [-0.2, 0) is 6.54 Å². The van der Waals surface area contributed by atoms with Crippen molar-refractivity contribution in [3.05, 3.63) is 72.2 Å². The van der Waals surface area contributed by atoms with E-state index in [0.717, 1.165) is 23.4 Å². The Morgan fingerprint density at radius 3 is 2.45 bits per heavy atom. The van der Waals surface area contributed by atoms with E-state index in [1.165, 1.54) is 6.26 Å². The van der Waals surface area contributed by atoms with E-state index in [2.05, 4.69) is 15.6 Å². The number of rotatable bonds is 5. The number of fused-ring (bicyclic) bond motifs is 1. The zero-order valence-electron chi connectivity index (χ0n) is 16.7. The van der Waals surface area contributed by atoms with Crippen molar-refractivity contribution in [3.8, 4) is 11.5 Å². The molecule has 1 aliphatic heterocycles. The van der Waals surface area contributed by atoms with Gasteiger partial charge in [-0.3, -0.25) is 4.79 Å². The molecule has 3 aromatic rings. The largest absolute Gasteiger partial charge is 0.490 e. The van der Waals surface area contributed by atoms with Crippen molar-refractivity contribution >= 4 is 47.2 Å². The molecule has 162 valence electrons. The molecule has 2 aromatic carbocycles. The molecule has 1 amide bonds. The lowest BCUT2D eigenvalue weighted by Gasteiger charge is -2.11. The quantitative estimate of drug-likeness (QED) is 0.257. The first kappa shape index (κ1) is 22.5. The first-order valence-electron chi connectivity index (χ1n) is 9.58. The van der Waals surface area contributed by atoms with E-state index in [4.69, 9.17) is 19.6 Å². The van der Waals surface area contributed by atoms with Crippen LogP contribution in [0.1, 0.15) is 22.5 Å². The molecular formula is C22H23IN4O4. The normalized spacial score (nSPS) is 13.0. The smallest absolute Gasteiger partial charge is 0.291 e. The minimum Gasteiger partial charge on any atom is -0.490 e. The highest BCUT2D eigenvalue weighted by Gasteiger charge is 2.11. The number of nitrogens with zero attached hydrogens (tertiary/aromatic N) is 1. The topological polar surface area (TPSA) is 111 Å². The molecule has 0 aliphatic carbocycles. The van der Waals surface area contributed by atoms with E-state index < -0.39 is 0 Å². The van der Waals surface area contributed by atoms with Crippen molar-refractivity contribution in [2.75, 3.05) is 23.8 Å². The summed E-state index contributed by atoms with van der Waals surface area (Å²) < 4.78 is 16.4. The average molecular weight is 534 g/mol. The molecule has 9 heteroatoms. The van der Waals surface area contributed by atoms with Gasteiger partial charge in [0.2, 0.25) is 0 Å². The molecule has 0 fully saturated rings. The van der Waals surface area contributed by atoms with Crippen LogP contribution < -0.4 is 25.8 Å². The fourth-order valence-electron chi connectivity index (χ4n) is 2.90. The first-order valence-corrected chi connectivity index (χ1v) is 9.58. The molecule has 2 heterocycles. The van der Waals surface area contributed by atoms with E-state index in [1.54, 1.807) is 24.3 Å². The van der Waals surface area contributed by atoms with Gasteiger partial charge in [-0.1, -0.05) is 12.1 Å². The second-order valence-corrected chi connectivity index (χ2v) is 6.67. The Kier molecular flexibility index (Phi) is 7.76. The van der Waals surface area contributed by atoms with Gasteiger partial charge in [-0.15, -0.1) is 24.0 Å². The van der Waals surface area contributed by atoms with Gasteiger partial charge in [-0.05, 0) is 42.0 Å². The Bertz CT molecular complexity index is 1040. The third kappa shape index (κ3) is 6.14. The molecule has 0 radical (unpaired) electrons. The summed E-state index contributed by atoms with van der Waals surface area (Å²) in [6.45, 7) is 1.67. The van der Waals surface area contributed by atoms with Crippen molar-refractivity contribution in [1.29, 1.82) is 0 Å². The second-order valence-electron chi connectivity index (χ2n) is 6.67. The molecule has 4 rings (SSSR count). The van der Waals surface area contributed by atoms with Crippen LogP contribution in [0.25, 0.3) is 0 Å². The predicted octanol–water partition coefficient (Wildman–Crippen LogP) is 4.24. The van der Waals surface area contributed by atoms with Crippen LogP contribution in [0.3, 0.4) is 0 Å². The van der Waals surface area contributed by atoms with E-state index in [-0.39, 0.29) is 35.6 Å². The Hall–Kier alpha value is -3.21. The summed E-state index contributed by atoms with van der Waals surface area (Å²) in [6.07, 6.45) is 2.31. The van der Waals surface area contributed by atoms with Crippen molar-refractivity contribution in [2.45, 2.75) is 13.0 Å². The van der Waals surface area contributed by atoms with Crippen molar-refractivity contribution in [2.24, 2.45) is 10.7 Å². The maximum atomic E-state index is 12.0. The van der Waals surface area contributed by atoms with Gasteiger partial charge < -0.3 is 30.3 Å². The number of carbonyl (C=O) groups is 1. The molecule has 0 spiro atoms. The third-order valence-corrected chi connectivity index (χ3v) is 4.41. The molecule has 0 saturated heterocycles. The minimum absolute atomic E-state index is 0. The molecular weight excluding hydrogens is 511 g/mol. The third-order valence-electron chi connectivity index (χ3n) is 4.41. The summed E-state index contributed by atoms with van der Waals surface area (Å²) in [5.41, 5.74) is 8.41. The number of amides is 1. The SMILES string of the molecule is I.NC(=NCc1ccc(NC(=O)c2ccco2)cc1)Nc1ccc2c(c1)OCCCO2. The summed E-state index contributed by atoms with van der Waals surface area (Å²) in [6, 6.07) is 16.2. The predicted molar refractivity (Wildman–Crippen MR) is 130 cm³/mol. The maximum absolute atomic E-state index is 12.0. The first-order chi connectivity index (χ1) is 14.7. The summed E-state index contributed by atoms with van der Waals surface area (Å²) in [4.78, 5) is 16.3. The molecule has 0 unspecified atom stereocenters. The van der Waals surface area contributed by atoms with Crippen LogP contribution in [0, 0.1) is 0 Å². The number of anilines is 2. The fourth-order valence-corrected chi connectivity index (χ4v) is 2.90. The van der Waals surface area contributed by atoms with Gasteiger partial charge in [-0.2, -0.15) is 0 Å². The van der Waals surface area contributed by atoms with Crippen molar-refractivity contribution < 1.29 is 18.7 Å². The lowest BCUT2D eigenvalue weighted by molar-refractivity contribution is 0.0996. The van der Waals surface area contributed by atoms with Crippen LogP contribution in [0.2, 0.25) is 0 Å². The Morgan fingerprint density at radius 1 is 0.968 bits per heavy atom. The van der Waals surface area contributed by atoms with Gasteiger partial charge in [0.25, 0.3) is 5.91 Å². The number of nitrogens with one attached hydrogen (secondary N) is 2. The number of nitrogens with two attached hydrogens (primary N) is 1. The second kappa shape index (κ2) is 10.7. The lowest BCUT2D eigenvalue weighted by atomic mass is 10.2. The van der Waals surface area contributed by atoms with Crippen LogP contribution in [0.4, 0.5) is 11.4 Å². The molecule has 0 atom stereocenters. The Morgan fingerprint density at radius 2 is 1.71 bits per heavy atom. The number of carbonyl (C=O) groups excluding carboxylic acids is 1. The van der Waals surface area contributed by atoms with Crippen molar-refractivity contribution in [3.63, 3.8) is 0 Å². The van der Waals surface area contributed by atoms with Crippen LogP contribution in [-0.4, -0.2) is 25.1 Å². The number of halogens is 1. The van der Waals surface area contributed by atoms with E-state index in [9.17, 15) is 4.79 Å². The number of aliphatic imine (C=N–C) groups is 1. The van der Waals surface area contributed by atoms with E-state index in [0.29, 0.717) is 37.2 Å². The van der Waals surface area contributed by atoms with E-state index >= 15 is 0 Å². The number of hydrogen-bond acceptors (Lipinski definition) is 5. The Balaban J connectivity index is 0.00000272. The number of hydrogen-bond donors (Lipinski definition) is 3. The zero-order valence-corrected chi connectivity index (χ0v) is 19.0. The Labute approximate surface area is 196 Å². The zero-order chi connectivity index (χ0) is 20.8. The maximum Gasteiger partial charge on any atom is 0.291 e. The molecule has 8 nitrogen and oxygen atoms in total. The molecule has 31 heavy (non-hydrogen) atoms. The minimum atomic E-state index is -0.297. The molecule has 0 bridgehead atoms. The van der Waals surface area contributed by atoms with Crippen LogP contribution in [0.15, 0.2) is 70.3 Å². The van der Waals surface area contributed by atoms with Gasteiger partial charge in [0.15, 0.2) is 23.2 Å². The van der Waals surface area contributed by atoms with Crippen LogP contribution >= 0.6 is 24.0 Å². The number of ether oxygens (including phenoxy) is 2. The fraction of sp³-hybridized carbons (Fsp3) is 0.182. The summed E-state index contributed by atoms with van der Waals surface area (Å²) in [7, 11) is 0. The van der Waals surface area contributed by atoms with Crippen LogP contribution in [0.5, 0.6) is 11.5 Å². The number of furan rings is 1. The van der Waals surface area contributed by atoms with Crippen molar-refractivity contribution in [1.82, 2.24) is 0 Å². The molecule has 4 N–H and O–H groups in total. The van der Waals surface area contributed by atoms with E-state index in [1.807, 2.05) is 30.3 Å². The summed E-state index contributed by atoms with van der Waals surface area (Å²) in [5.74, 6) is 1.68. The highest BCUT2D eigenvalue weighted by atomic mass is 127. The van der Waals surface area contributed by atoms with Gasteiger partial charge >= 0.3 is 0 Å². The summed E-state index contributed by atoms with van der Waals surface area (Å²) >= 11 is 0. The molecule has 1 aliphatic rings. The number of guanidine groups is 1. The monoisotopic (exact) mass is 534 g/mol. The average Bonchev–Trinajstić information content (AvgIpc) is 3.20. The number of benzene rings is 2. The molecule has 0 saturated carbocycles. The van der Waals surface area contributed by atoms with Gasteiger partial charge in [0, 0.05) is 23.9 Å². The van der Waals surface area contributed by atoms with Gasteiger partial charge in [0.05, 0.1) is 26.0 Å². The highest BCUT2D eigenvalue weighted by molar-refractivity contribution is 14.0. The summed E-state index contributed by atoms with van der Waals surface area (Å²) in [5, 5.41) is 5.83. The lowest BCUT2D eigenvalue weighted by Crippen LogP contribution is -2.22. The molecule has 1 aromatic heterocycles. The van der Waals surface area contributed by atoms with Gasteiger partial charge in [-0.25, -0.2) is 4.99 Å². The standard InChI is InChI=1S/C22H22N4O4.HI/c23-22(26-17-8-9-18-20(13-17)30-12-2-11-28-18)24-14-15-4-6-16(7-5-15)25-21(27)19-3-1-10-29-19;/h1,3-10,13H,2,11-12,14H2,(H,25,27)(H3,23,24,26);1H. The highest BCUT2D eigenvalue weighted by Crippen LogP contribution is 2.32. The van der Waals surface area contributed by atoms with Gasteiger partial charge in [0.1, 0.15) is 0 Å².